The van der Waals surface area contributed by atoms with Crippen LogP contribution in [0.4, 0.5) is 0 Å². The minimum Gasteiger partial charge on any atom is -0.365 e. The van der Waals surface area contributed by atoms with Gasteiger partial charge in [0.1, 0.15) is 5.60 Å². The highest BCUT2D eigenvalue weighted by Crippen LogP contribution is 2.73. The van der Waals surface area contributed by atoms with E-state index in [0.717, 1.165) is 42.9 Å². The Kier molecular flexibility index (Phi) is 3.32. The maximum Gasteiger partial charge on any atom is 0.103 e. The van der Waals surface area contributed by atoms with Crippen molar-refractivity contribution in [2.45, 2.75) is 89.9 Å². The van der Waals surface area contributed by atoms with Crippen LogP contribution < -0.4 is 0 Å². The molecule has 0 aromatic carbocycles. The van der Waals surface area contributed by atoms with Gasteiger partial charge in [-0.3, -0.25) is 0 Å². The number of hydrogen-bond donors (Lipinski definition) is 1. The van der Waals surface area contributed by atoms with Gasteiger partial charge in [-0.05, 0) is 74.0 Å². The van der Waals surface area contributed by atoms with Gasteiger partial charge < -0.3 is 4.74 Å². The molecule has 1 spiro atoms. The summed E-state index contributed by atoms with van der Waals surface area (Å²) in [7, 11) is 0. The molecule has 4 nitrogen and oxygen atoms in total. The highest BCUT2D eigenvalue weighted by molar-refractivity contribution is 5.24. The van der Waals surface area contributed by atoms with Crippen molar-refractivity contribution in [1.82, 2.24) is 0 Å². The predicted molar refractivity (Wildman–Crippen MR) is 89.0 cm³/mol. The van der Waals surface area contributed by atoms with E-state index >= 15 is 0 Å². The first-order valence-electron chi connectivity index (χ1n) is 10.1. The Bertz CT molecular complexity index is 538. The first-order valence-corrected chi connectivity index (χ1v) is 10.1. The molecule has 1 aliphatic heterocycles. The molecule has 1 heterocycles. The van der Waals surface area contributed by atoms with Crippen molar-refractivity contribution in [2.75, 3.05) is 0 Å². The minimum atomic E-state index is -0.0232. The molecule has 5 fully saturated rings. The van der Waals surface area contributed by atoms with Crippen LogP contribution in [0.3, 0.4) is 0 Å². The number of ether oxygens (including phenoxy) is 1. The van der Waals surface area contributed by atoms with Crippen LogP contribution in [0.5, 0.6) is 0 Å². The van der Waals surface area contributed by atoms with Crippen LogP contribution in [0.25, 0.3) is 0 Å². The second-order valence-electron chi connectivity index (χ2n) is 10.1. The molecule has 9 atom stereocenters. The highest BCUT2D eigenvalue weighted by Gasteiger charge is 2.76. The quantitative estimate of drug-likeness (QED) is 0.455. The second kappa shape index (κ2) is 4.97. The van der Waals surface area contributed by atoms with E-state index in [1.54, 1.807) is 0 Å². The maximum absolute atomic E-state index is 8.66. The van der Waals surface area contributed by atoms with E-state index in [0.29, 0.717) is 11.5 Å². The summed E-state index contributed by atoms with van der Waals surface area (Å²) in [5.74, 6) is 3.44. The minimum absolute atomic E-state index is 0.00637. The van der Waals surface area contributed by atoms with Gasteiger partial charge in [0.2, 0.25) is 0 Å². The third kappa shape index (κ3) is 1.79. The zero-order chi connectivity index (χ0) is 16.7. The van der Waals surface area contributed by atoms with E-state index in [1.807, 2.05) is 0 Å². The Morgan fingerprint density at radius 1 is 1.04 bits per heavy atom. The molecule has 1 N–H and O–H groups in total. The lowest BCUT2D eigenvalue weighted by atomic mass is 9.44. The molecule has 5 rings (SSSR count). The number of epoxide rings is 1. The van der Waals surface area contributed by atoms with Crippen molar-refractivity contribution >= 4 is 0 Å². The zero-order valence-corrected chi connectivity index (χ0v) is 15.3. The van der Waals surface area contributed by atoms with Crippen molar-refractivity contribution in [3.05, 3.63) is 0 Å². The van der Waals surface area contributed by atoms with Crippen molar-refractivity contribution < 1.29 is 19.9 Å². The molecule has 3 unspecified atom stereocenters. The molecular weight excluding hydrogens is 304 g/mol. The molecule has 1 saturated heterocycles. The van der Waals surface area contributed by atoms with Crippen LogP contribution in [-0.4, -0.2) is 23.1 Å². The summed E-state index contributed by atoms with van der Waals surface area (Å²) in [6.07, 6.45) is 10.2. The Balaban J connectivity index is 1.45. The maximum atomic E-state index is 8.66. The van der Waals surface area contributed by atoms with Gasteiger partial charge in [0.25, 0.3) is 0 Å². The summed E-state index contributed by atoms with van der Waals surface area (Å²) in [6.45, 7) is 7.56. The lowest BCUT2D eigenvalue weighted by Gasteiger charge is -2.59. The summed E-state index contributed by atoms with van der Waals surface area (Å²) >= 11 is 0. The highest BCUT2D eigenvalue weighted by atomic mass is 17.5. The van der Waals surface area contributed by atoms with E-state index in [-0.39, 0.29) is 17.1 Å². The average Bonchev–Trinajstić information content (AvgIpc) is 3.16. The normalized spacial score (nSPS) is 61.5. The van der Waals surface area contributed by atoms with Crippen molar-refractivity contribution in [3.63, 3.8) is 0 Å². The monoisotopic (exact) mass is 336 g/mol. The Hall–Kier alpha value is -0.160. The molecule has 0 radical (unpaired) electrons. The standard InChI is InChI=1S/C20H32O4/c1-12-4-5-15-14-10-17-20(22-17)11-13(23-24-21)6-9-19(20,3)16(14)7-8-18(12,15)2/h12-17,21H,4-11H2,1-3H3/t12-,13-,14?,15+,16?,17?,18+,19+,20-/m0/s1. The van der Waals surface area contributed by atoms with E-state index in [4.69, 9.17) is 14.9 Å². The van der Waals surface area contributed by atoms with Crippen LogP contribution in [0.2, 0.25) is 0 Å². The summed E-state index contributed by atoms with van der Waals surface area (Å²) < 4.78 is 6.43. The number of hydrogen-bond acceptors (Lipinski definition) is 4. The molecule has 4 saturated carbocycles. The summed E-state index contributed by atoms with van der Waals surface area (Å²) in [6, 6.07) is 0. The van der Waals surface area contributed by atoms with Crippen molar-refractivity contribution in [3.8, 4) is 0 Å². The largest absolute Gasteiger partial charge is 0.365 e. The Morgan fingerprint density at radius 2 is 1.88 bits per heavy atom. The van der Waals surface area contributed by atoms with E-state index in [2.05, 4.69) is 25.8 Å². The van der Waals surface area contributed by atoms with Crippen LogP contribution >= 0.6 is 0 Å². The van der Waals surface area contributed by atoms with Crippen molar-refractivity contribution in [2.24, 2.45) is 34.5 Å². The van der Waals surface area contributed by atoms with Crippen LogP contribution in [0, 0.1) is 34.5 Å². The molecule has 0 amide bonds. The molecule has 5 aliphatic rings. The number of fused-ring (bicyclic) bond motifs is 4. The van der Waals surface area contributed by atoms with E-state index in [1.165, 1.54) is 32.1 Å². The van der Waals surface area contributed by atoms with Gasteiger partial charge in [0, 0.05) is 11.8 Å². The van der Waals surface area contributed by atoms with Crippen LogP contribution in [0.15, 0.2) is 0 Å². The second-order valence-corrected chi connectivity index (χ2v) is 10.1. The molecule has 0 aromatic heterocycles. The van der Waals surface area contributed by atoms with Gasteiger partial charge >= 0.3 is 0 Å². The Labute approximate surface area is 145 Å². The molecule has 24 heavy (non-hydrogen) atoms. The summed E-state index contributed by atoms with van der Waals surface area (Å²) in [4.78, 5) is 5.08. The fourth-order valence-electron chi connectivity index (χ4n) is 8.05. The third-order valence-electron chi connectivity index (χ3n) is 9.69. The summed E-state index contributed by atoms with van der Waals surface area (Å²) in [5, 5.41) is 12.6. The third-order valence-corrected chi connectivity index (χ3v) is 9.69. The fraction of sp³-hybridized carbons (Fsp3) is 1.00. The van der Waals surface area contributed by atoms with Gasteiger partial charge in [-0.15, -0.1) is 0 Å². The van der Waals surface area contributed by atoms with Crippen molar-refractivity contribution in [1.29, 1.82) is 0 Å². The zero-order valence-electron chi connectivity index (χ0n) is 15.3. The van der Waals surface area contributed by atoms with E-state index in [9.17, 15) is 0 Å². The van der Waals surface area contributed by atoms with E-state index < -0.39 is 0 Å². The topological polar surface area (TPSA) is 51.2 Å². The first-order chi connectivity index (χ1) is 11.4. The smallest absolute Gasteiger partial charge is 0.103 e. The lowest BCUT2D eigenvalue weighted by molar-refractivity contribution is -0.509. The molecule has 4 heteroatoms. The van der Waals surface area contributed by atoms with Gasteiger partial charge in [-0.1, -0.05) is 25.8 Å². The lowest BCUT2D eigenvalue weighted by Crippen LogP contribution is -2.58. The SMILES string of the molecule is C[C@H]1CC[C@@H]2C3CC4O[C@@]45C[C@@H](OOO)CC[C@]5(C)C3CC[C@@]21C. The number of rotatable bonds is 2. The van der Waals surface area contributed by atoms with Gasteiger partial charge in [0.05, 0.1) is 12.2 Å². The van der Waals surface area contributed by atoms with Crippen LogP contribution in [-0.2, 0) is 14.7 Å². The molecule has 136 valence electrons. The molecule has 4 aliphatic carbocycles. The Morgan fingerprint density at radius 3 is 2.67 bits per heavy atom. The van der Waals surface area contributed by atoms with Gasteiger partial charge in [-0.2, -0.15) is 0 Å². The van der Waals surface area contributed by atoms with Crippen LogP contribution in [0.1, 0.15) is 72.1 Å². The molecular formula is C20H32O4. The average molecular weight is 336 g/mol. The summed E-state index contributed by atoms with van der Waals surface area (Å²) in [5.41, 5.74) is 0.841. The fourth-order valence-corrected chi connectivity index (χ4v) is 8.05. The van der Waals surface area contributed by atoms with Gasteiger partial charge in [0.15, 0.2) is 0 Å². The van der Waals surface area contributed by atoms with Gasteiger partial charge in [-0.25, -0.2) is 10.1 Å². The molecule has 0 aromatic rings. The first kappa shape index (κ1) is 16.0. The predicted octanol–water partition coefficient (Wildman–Crippen LogP) is 4.59. The molecule has 0 bridgehead atoms.